The molecular formula is C26H25F3N4OS. The fraction of sp³-hybridized carbons (Fsp3) is 0.346. The second-order valence-electron chi connectivity index (χ2n) is 8.86. The number of halogens is 3. The molecule has 1 aromatic carbocycles. The molecule has 1 unspecified atom stereocenters. The van der Waals surface area contributed by atoms with Gasteiger partial charge in [0.25, 0.3) is 5.56 Å². The van der Waals surface area contributed by atoms with Gasteiger partial charge in [0.1, 0.15) is 4.83 Å². The zero-order valence-electron chi connectivity index (χ0n) is 19.0. The van der Waals surface area contributed by atoms with Crippen molar-refractivity contribution in [1.82, 2.24) is 19.9 Å². The average molecular weight is 499 g/mol. The number of pyridine rings is 1. The van der Waals surface area contributed by atoms with Gasteiger partial charge in [-0.25, -0.2) is 4.98 Å². The highest BCUT2D eigenvalue weighted by Gasteiger charge is 2.33. The van der Waals surface area contributed by atoms with Gasteiger partial charge in [-0.15, -0.1) is 11.3 Å². The zero-order valence-corrected chi connectivity index (χ0v) is 19.8. The minimum absolute atomic E-state index is 0.00672. The first-order valence-electron chi connectivity index (χ1n) is 11.7. The lowest BCUT2D eigenvalue weighted by Gasteiger charge is -2.24. The molecule has 0 bridgehead atoms. The molecule has 0 amide bonds. The van der Waals surface area contributed by atoms with E-state index in [4.69, 9.17) is 0 Å². The number of aryl methyl sites for hydroxylation is 3. The van der Waals surface area contributed by atoms with Crippen LogP contribution in [0.3, 0.4) is 0 Å². The lowest BCUT2D eigenvalue weighted by molar-refractivity contribution is -0.138. The third kappa shape index (κ3) is 5.16. The Bertz CT molecular complexity index is 1380. The predicted molar refractivity (Wildman–Crippen MR) is 131 cm³/mol. The Morgan fingerprint density at radius 1 is 1.14 bits per heavy atom. The van der Waals surface area contributed by atoms with Crippen molar-refractivity contribution >= 4 is 21.6 Å². The van der Waals surface area contributed by atoms with Gasteiger partial charge >= 0.3 is 6.18 Å². The van der Waals surface area contributed by atoms with E-state index in [1.165, 1.54) is 29.0 Å². The van der Waals surface area contributed by atoms with E-state index in [9.17, 15) is 18.0 Å². The van der Waals surface area contributed by atoms with Crippen molar-refractivity contribution in [2.24, 2.45) is 0 Å². The van der Waals surface area contributed by atoms with E-state index >= 15 is 0 Å². The maximum absolute atomic E-state index is 13.3. The van der Waals surface area contributed by atoms with Crippen molar-refractivity contribution in [3.05, 3.63) is 92.6 Å². The maximum atomic E-state index is 13.3. The summed E-state index contributed by atoms with van der Waals surface area (Å²) in [7, 11) is 0. The molecule has 3 heterocycles. The van der Waals surface area contributed by atoms with Crippen molar-refractivity contribution in [3.63, 3.8) is 0 Å². The van der Waals surface area contributed by atoms with Crippen LogP contribution in [0.4, 0.5) is 13.2 Å². The molecule has 5 rings (SSSR count). The van der Waals surface area contributed by atoms with Crippen molar-refractivity contribution in [3.8, 4) is 0 Å². The number of hydrogen-bond acceptors (Lipinski definition) is 5. The van der Waals surface area contributed by atoms with Crippen molar-refractivity contribution in [1.29, 1.82) is 0 Å². The summed E-state index contributed by atoms with van der Waals surface area (Å²) in [6, 6.07) is 9.69. The molecule has 0 spiro atoms. The summed E-state index contributed by atoms with van der Waals surface area (Å²) in [6.45, 7) is 0.751. The summed E-state index contributed by atoms with van der Waals surface area (Å²) in [5.74, 6) is 0. The highest BCUT2D eigenvalue weighted by Crippen LogP contribution is 2.35. The van der Waals surface area contributed by atoms with Gasteiger partial charge in [0.15, 0.2) is 0 Å². The molecule has 5 nitrogen and oxygen atoms in total. The first-order chi connectivity index (χ1) is 16.9. The minimum atomic E-state index is -4.37. The van der Waals surface area contributed by atoms with Crippen LogP contribution >= 0.6 is 11.3 Å². The monoisotopic (exact) mass is 498 g/mol. The Kier molecular flexibility index (Phi) is 6.71. The van der Waals surface area contributed by atoms with Crippen LogP contribution in [0.5, 0.6) is 0 Å². The normalized spacial score (nSPS) is 15.9. The molecular weight excluding hydrogens is 473 g/mol. The number of hydrogen-bond donors (Lipinski definition) is 1. The number of benzene rings is 1. The fourth-order valence-corrected chi connectivity index (χ4v) is 6.00. The van der Waals surface area contributed by atoms with Gasteiger partial charge in [0.05, 0.1) is 17.3 Å². The number of nitrogens with one attached hydrogen (secondary N) is 1. The lowest BCUT2D eigenvalue weighted by Crippen LogP contribution is -2.34. The number of rotatable bonds is 7. The molecule has 9 heteroatoms. The molecule has 182 valence electrons. The summed E-state index contributed by atoms with van der Waals surface area (Å²) in [6.07, 6.45) is 4.65. The van der Waals surface area contributed by atoms with E-state index < -0.39 is 11.7 Å². The molecule has 0 aliphatic heterocycles. The van der Waals surface area contributed by atoms with Gasteiger partial charge in [0.2, 0.25) is 0 Å². The number of aromatic nitrogens is 3. The lowest BCUT2D eigenvalue weighted by atomic mass is 9.92. The van der Waals surface area contributed by atoms with Gasteiger partial charge in [0, 0.05) is 36.4 Å². The van der Waals surface area contributed by atoms with Crippen LogP contribution in [0.15, 0.2) is 59.9 Å². The molecule has 1 aliphatic rings. The van der Waals surface area contributed by atoms with Crippen LogP contribution in [-0.4, -0.2) is 20.6 Å². The molecule has 0 fully saturated rings. The molecule has 0 saturated carbocycles. The highest BCUT2D eigenvalue weighted by atomic mass is 32.1. The first-order valence-corrected chi connectivity index (χ1v) is 12.5. The largest absolute Gasteiger partial charge is 0.416 e. The standard InChI is InChI=1S/C26H25F3N4OS/c27-26(28,29)21-6-2-1-5-18(21)15-31-19-7-8-20-22(14-19)35-24-23(20)25(34)33(16-32-24)13-3-4-17-9-11-30-12-10-17/h1-2,5-6,9-12,16,19,31H,3-4,7-8,13-15H2. The Morgan fingerprint density at radius 2 is 1.94 bits per heavy atom. The van der Waals surface area contributed by atoms with Crippen LogP contribution in [0.1, 0.15) is 40.0 Å². The molecule has 0 saturated heterocycles. The van der Waals surface area contributed by atoms with E-state index in [2.05, 4.69) is 15.3 Å². The first kappa shape index (κ1) is 23.7. The molecule has 35 heavy (non-hydrogen) atoms. The van der Waals surface area contributed by atoms with E-state index in [0.717, 1.165) is 40.6 Å². The third-order valence-electron chi connectivity index (χ3n) is 6.55. The number of nitrogens with zero attached hydrogens (tertiary/aromatic N) is 3. The second-order valence-corrected chi connectivity index (χ2v) is 9.95. The van der Waals surface area contributed by atoms with Crippen molar-refractivity contribution in [2.75, 3.05) is 0 Å². The van der Waals surface area contributed by atoms with Gasteiger partial charge < -0.3 is 5.32 Å². The van der Waals surface area contributed by atoms with E-state index in [1.54, 1.807) is 29.4 Å². The summed E-state index contributed by atoms with van der Waals surface area (Å²) >= 11 is 1.52. The van der Waals surface area contributed by atoms with Crippen LogP contribution < -0.4 is 10.9 Å². The van der Waals surface area contributed by atoms with E-state index in [-0.39, 0.29) is 23.7 Å². The fourth-order valence-electron chi connectivity index (χ4n) is 4.74. The Labute approximate surface area is 204 Å². The van der Waals surface area contributed by atoms with Crippen LogP contribution in [0.25, 0.3) is 10.2 Å². The number of alkyl halides is 3. The molecule has 0 radical (unpaired) electrons. The SMILES string of the molecule is O=c1c2c3c(sc2ncn1CCCc1ccncc1)CC(NCc1ccccc1C(F)(F)F)CC3. The Morgan fingerprint density at radius 3 is 2.74 bits per heavy atom. The minimum Gasteiger partial charge on any atom is -0.310 e. The van der Waals surface area contributed by atoms with Gasteiger partial charge in [-0.2, -0.15) is 13.2 Å². The molecule has 1 aliphatic carbocycles. The maximum Gasteiger partial charge on any atom is 0.416 e. The summed E-state index contributed by atoms with van der Waals surface area (Å²) in [4.78, 5) is 23.7. The van der Waals surface area contributed by atoms with E-state index in [1.807, 2.05) is 12.1 Å². The van der Waals surface area contributed by atoms with Crippen molar-refractivity contribution in [2.45, 2.75) is 57.4 Å². The topological polar surface area (TPSA) is 59.8 Å². The quantitative estimate of drug-likeness (QED) is 0.383. The number of fused-ring (bicyclic) bond motifs is 3. The molecule has 1 atom stereocenters. The highest BCUT2D eigenvalue weighted by molar-refractivity contribution is 7.18. The molecule has 1 N–H and O–H groups in total. The van der Waals surface area contributed by atoms with Crippen molar-refractivity contribution < 1.29 is 13.2 Å². The van der Waals surface area contributed by atoms with Crippen LogP contribution in [0.2, 0.25) is 0 Å². The van der Waals surface area contributed by atoms with Crippen LogP contribution in [0, 0.1) is 0 Å². The summed E-state index contributed by atoms with van der Waals surface area (Å²) in [5, 5.41) is 4.01. The van der Waals surface area contributed by atoms with E-state index in [0.29, 0.717) is 24.8 Å². The number of thiophene rings is 1. The second kappa shape index (κ2) is 9.91. The van der Waals surface area contributed by atoms with Gasteiger partial charge in [-0.1, -0.05) is 18.2 Å². The smallest absolute Gasteiger partial charge is 0.310 e. The summed E-state index contributed by atoms with van der Waals surface area (Å²) in [5.41, 5.74) is 1.89. The molecule has 4 aromatic rings. The van der Waals surface area contributed by atoms with Crippen LogP contribution in [-0.2, 0) is 38.5 Å². The Hall–Kier alpha value is -3.04. The Balaban J connectivity index is 1.28. The van der Waals surface area contributed by atoms with Gasteiger partial charge in [-0.3, -0.25) is 14.3 Å². The zero-order chi connectivity index (χ0) is 24.4. The third-order valence-corrected chi connectivity index (χ3v) is 7.72. The van der Waals surface area contributed by atoms with Gasteiger partial charge in [-0.05, 0) is 67.0 Å². The predicted octanol–water partition coefficient (Wildman–Crippen LogP) is 5.15. The average Bonchev–Trinajstić information content (AvgIpc) is 3.23. The molecule has 3 aromatic heterocycles. The summed E-state index contributed by atoms with van der Waals surface area (Å²) < 4.78 is 41.6.